The molecule has 1 heterocycles. The Balaban J connectivity index is 1.70. The molecule has 0 radical (unpaired) electrons. The topological polar surface area (TPSA) is 48.9 Å². The number of benzene rings is 1. The first kappa shape index (κ1) is 16.6. The standard InChI is InChI=1S/C17H25ClN4O/c1-19-17(21-13-6-7-13)20-12-16(22-8-10-23-11-9-22)14-4-2-3-5-15(14)18/h2-5,13,16H,6-12H2,1H3,(H2,19,20,21). The summed E-state index contributed by atoms with van der Waals surface area (Å²) in [5.74, 6) is 0.873. The van der Waals surface area contributed by atoms with Crippen molar-refractivity contribution in [1.82, 2.24) is 15.5 Å². The summed E-state index contributed by atoms with van der Waals surface area (Å²) in [7, 11) is 1.82. The fourth-order valence-electron chi connectivity index (χ4n) is 2.88. The molecule has 1 aromatic carbocycles. The van der Waals surface area contributed by atoms with Gasteiger partial charge < -0.3 is 15.4 Å². The molecule has 1 saturated heterocycles. The maximum atomic E-state index is 6.45. The quantitative estimate of drug-likeness (QED) is 0.638. The number of rotatable bonds is 5. The zero-order chi connectivity index (χ0) is 16.1. The Labute approximate surface area is 143 Å². The van der Waals surface area contributed by atoms with E-state index in [9.17, 15) is 0 Å². The van der Waals surface area contributed by atoms with Gasteiger partial charge in [0.2, 0.25) is 0 Å². The van der Waals surface area contributed by atoms with E-state index in [-0.39, 0.29) is 6.04 Å². The number of guanidine groups is 1. The lowest BCUT2D eigenvalue weighted by molar-refractivity contribution is 0.0170. The molecule has 1 aliphatic carbocycles. The lowest BCUT2D eigenvalue weighted by Gasteiger charge is -2.35. The van der Waals surface area contributed by atoms with Crippen molar-refractivity contribution in [2.75, 3.05) is 39.9 Å². The molecule has 23 heavy (non-hydrogen) atoms. The SMILES string of the molecule is CN=C(NCC(c1ccccc1Cl)N1CCOCC1)NC1CC1. The second kappa shape index (κ2) is 7.99. The molecule has 1 atom stereocenters. The third kappa shape index (κ3) is 4.59. The summed E-state index contributed by atoms with van der Waals surface area (Å²) in [5.41, 5.74) is 1.16. The van der Waals surface area contributed by atoms with Crippen molar-refractivity contribution in [3.05, 3.63) is 34.9 Å². The number of hydrogen-bond donors (Lipinski definition) is 2. The summed E-state index contributed by atoms with van der Waals surface area (Å²) < 4.78 is 5.49. The molecule has 0 aromatic heterocycles. The van der Waals surface area contributed by atoms with Gasteiger partial charge in [-0.25, -0.2) is 0 Å². The fourth-order valence-corrected chi connectivity index (χ4v) is 3.14. The average Bonchev–Trinajstić information content (AvgIpc) is 3.40. The van der Waals surface area contributed by atoms with Crippen molar-refractivity contribution in [2.24, 2.45) is 4.99 Å². The first-order chi connectivity index (χ1) is 11.3. The Morgan fingerprint density at radius 3 is 2.74 bits per heavy atom. The van der Waals surface area contributed by atoms with Crippen LogP contribution in [0.3, 0.4) is 0 Å². The van der Waals surface area contributed by atoms with Crippen LogP contribution in [0.2, 0.25) is 5.02 Å². The molecular weight excluding hydrogens is 312 g/mol. The first-order valence-corrected chi connectivity index (χ1v) is 8.69. The predicted octanol–water partition coefficient (Wildman–Crippen LogP) is 2.04. The number of halogens is 1. The third-order valence-electron chi connectivity index (χ3n) is 4.36. The number of nitrogens with zero attached hydrogens (tertiary/aromatic N) is 2. The molecule has 126 valence electrons. The highest BCUT2D eigenvalue weighted by atomic mass is 35.5. The summed E-state index contributed by atoms with van der Waals surface area (Å²) in [5, 5.41) is 7.70. The summed E-state index contributed by atoms with van der Waals surface area (Å²) in [6.45, 7) is 4.17. The molecule has 0 amide bonds. The average molecular weight is 337 g/mol. The number of morpholine rings is 1. The summed E-state index contributed by atoms with van der Waals surface area (Å²) in [6, 6.07) is 8.89. The van der Waals surface area contributed by atoms with Crippen molar-refractivity contribution in [2.45, 2.75) is 24.9 Å². The molecule has 0 bridgehead atoms. The molecule has 2 fully saturated rings. The number of nitrogens with one attached hydrogen (secondary N) is 2. The van der Waals surface area contributed by atoms with Gasteiger partial charge in [-0.05, 0) is 24.5 Å². The highest BCUT2D eigenvalue weighted by Crippen LogP contribution is 2.27. The Morgan fingerprint density at radius 2 is 2.09 bits per heavy atom. The van der Waals surface area contributed by atoms with E-state index in [1.54, 1.807) is 0 Å². The Morgan fingerprint density at radius 1 is 1.35 bits per heavy atom. The lowest BCUT2D eigenvalue weighted by Crippen LogP contribution is -2.46. The maximum Gasteiger partial charge on any atom is 0.191 e. The second-order valence-corrected chi connectivity index (χ2v) is 6.46. The smallest absolute Gasteiger partial charge is 0.191 e. The Hall–Kier alpha value is -1.30. The third-order valence-corrected chi connectivity index (χ3v) is 4.70. The van der Waals surface area contributed by atoms with Gasteiger partial charge >= 0.3 is 0 Å². The van der Waals surface area contributed by atoms with Crippen molar-refractivity contribution >= 4 is 17.6 Å². The van der Waals surface area contributed by atoms with Gasteiger partial charge in [-0.2, -0.15) is 0 Å². The minimum atomic E-state index is 0.213. The molecule has 1 aliphatic heterocycles. The van der Waals surface area contributed by atoms with Crippen LogP contribution in [-0.4, -0.2) is 56.8 Å². The van der Waals surface area contributed by atoms with E-state index in [0.29, 0.717) is 6.04 Å². The van der Waals surface area contributed by atoms with E-state index in [1.165, 1.54) is 12.8 Å². The molecule has 6 heteroatoms. The van der Waals surface area contributed by atoms with E-state index in [0.717, 1.165) is 49.4 Å². The molecule has 2 aliphatic rings. The molecule has 0 spiro atoms. The Bertz CT molecular complexity index is 541. The van der Waals surface area contributed by atoms with Gasteiger partial charge in [0.1, 0.15) is 0 Å². The highest BCUT2D eigenvalue weighted by molar-refractivity contribution is 6.31. The number of ether oxygens (including phenoxy) is 1. The lowest BCUT2D eigenvalue weighted by atomic mass is 10.0. The van der Waals surface area contributed by atoms with Crippen molar-refractivity contribution in [3.8, 4) is 0 Å². The number of hydrogen-bond acceptors (Lipinski definition) is 3. The van der Waals surface area contributed by atoms with Gasteiger partial charge in [-0.1, -0.05) is 29.8 Å². The van der Waals surface area contributed by atoms with Crippen LogP contribution in [0.15, 0.2) is 29.3 Å². The molecule has 1 unspecified atom stereocenters. The van der Waals surface area contributed by atoms with Gasteiger partial charge in [-0.15, -0.1) is 0 Å². The monoisotopic (exact) mass is 336 g/mol. The van der Waals surface area contributed by atoms with Crippen LogP contribution in [0.4, 0.5) is 0 Å². The van der Waals surface area contributed by atoms with E-state index in [1.807, 2.05) is 25.2 Å². The van der Waals surface area contributed by atoms with Crippen LogP contribution in [-0.2, 0) is 4.74 Å². The molecule has 3 rings (SSSR count). The van der Waals surface area contributed by atoms with Crippen LogP contribution in [0, 0.1) is 0 Å². The first-order valence-electron chi connectivity index (χ1n) is 8.31. The van der Waals surface area contributed by atoms with Crippen LogP contribution in [0.25, 0.3) is 0 Å². The van der Waals surface area contributed by atoms with Crippen LogP contribution < -0.4 is 10.6 Å². The summed E-state index contributed by atoms with van der Waals surface area (Å²) in [6.07, 6.45) is 2.47. The fraction of sp³-hybridized carbons (Fsp3) is 0.588. The van der Waals surface area contributed by atoms with E-state index in [4.69, 9.17) is 16.3 Å². The molecule has 1 aromatic rings. The van der Waals surface area contributed by atoms with Gasteiger partial charge in [0.25, 0.3) is 0 Å². The second-order valence-electron chi connectivity index (χ2n) is 6.06. The predicted molar refractivity (Wildman–Crippen MR) is 94.1 cm³/mol. The van der Waals surface area contributed by atoms with Crippen molar-refractivity contribution in [1.29, 1.82) is 0 Å². The normalized spacial score (nSPS) is 21.0. The van der Waals surface area contributed by atoms with Gasteiger partial charge in [-0.3, -0.25) is 9.89 Å². The molecule has 5 nitrogen and oxygen atoms in total. The minimum absolute atomic E-state index is 0.213. The van der Waals surface area contributed by atoms with Crippen molar-refractivity contribution < 1.29 is 4.74 Å². The van der Waals surface area contributed by atoms with Crippen LogP contribution in [0.1, 0.15) is 24.4 Å². The van der Waals surface area contributed by atoms with Crippen LogP contribution >= 0.6 is 11.6 Å². The van der Waals surface area contributed by atoms with Crippen LogP contribution in [0.5, 0.6) is 0 Å². The molecular formula is C17H25ClN4O. The van der Waals surface area contributed by atoms with Gasteiger partial charge in [0.05, 0.1) is 19.3 Å². The van der Waals surface area contributed by atoms with E-state index >= 15 is 0 Å². The summed E-state index contributed by atoms with van der Waals surface area (Å²) >= 11 is 6.45. The zero-order valence-electron chi connectivity index (χ0n) is 13.6. The molecule has 2 N–H and O–H groups in total. The van der Waals surface area contributed by atoms with Gasteiger partial charge in [0.15, 0.2) is 5.96 Å². The zero-order valence-corrected chi connectivity index (χ0v) is 14.4. The van der Waals surface area contributed by atoms with Gasteiger partial charge in [0, 0.05) is 37.7 Å². The largest absolute Gasteiger partial charge is 0.379 e. The van der Waals surface area contributed by atoms with E-state index in [2.05, 4.69) is 26.6 Å². The maximum absolute atomic E-state index is 6.45. The summed E-state index contributed by atoms with van der Waals surface area (Å²) in [4.78, 5) is 6.75. The van der Waals surface area contributed by atoms with E-state index < -0.39 is 0 Å². The minimum Gasteiger partial charge on any atom is -0.379 e. The van der Waals surface area contributed by atoms with Crippen molar-refractivity contribution in [3.63, 3.8) is 0 Å². The number of aliphatic imine (C=N–C) groups is 1. The Kier molecular flexibility index (Phi) is 5.75. The molecule has 1 saturated carbocycles. The highest BCUT2D eigenvalue weighted by Gasteiger charge is 2.26.